The van der Waals surface area contributed by atoms with Crippen LogP contribution in [0.25, 0.3) is 0 Å². The van der Waals surface area contributed by atoms with Gasteiger partial charge in [0.25, 0.3) is 0 Å². The SMILES string of the molecule is C=C(CCC)C(=O)OOc1cccc(OC)c1. The third-order valence-electron chi connectivity index (χ3n) is 2.10. The maximum atomic E-state index is 11.4. The van der Waals surface area contributed by atoms with Gasteiger partial charge in [0.2, 0.25) is 0 Å². The number of hydrogen-bond acceptors (Lipinski definition) is 4. The lowest BCUT2D eigenvalue weighted by Crippen LogP contribution is -2.10. The average Bonchev–Trinajstić information content (AvgIpc) is 2.36. The molecule has 0 spiro atoms. The van der Waals surface area contributed by atoms with E-state index < -0.39 is 5.97 Å². The molecule has 0 aromatic heterocycles. The molecule has 1 aromatic rings. The molecule has 0 radical (unpaired) electrons. The first-order valence-corrected chi connectivity index (χ1v) is 5.38. The quantitative estimate of drug-likeness (QED) is 0.433. The topological polar surface area (TPSA) is 44.8 Å². The highest BCUT2D eigenvalue weighted by Crippen LogP contribution is 2.19. The van der Waals surface area contributed by atoms with E-state index in [9.17, 15) is 4.79 Å². The summed E-state index contributed by atoms with van der Waals surface area (Å²) in [4.78, 5) is 20.9. The zero-order valence-corrected chi connectivity index (χ0v) is 10.1. The molecule has 1 aromatic carbocycles. The summed E-state index contributed by atoms with van der Waals surface area (Å²) in [7, 11) is 1.55. The lowest BCUT2D eigenvalue weighted by atomic mass is 10.2. The first-order chi connectivity index (χ1) is 8.17. The molecule has 4 nitrogen and oxygen atoms in total. The molecule has 0 heterocycles. The van der Waals surface area contributed by atoms with E-state index in [1.165, 1.54) is 0 Å². The normalized spacial score (nSPS) is 9.53. The minimum atomic E-state index is -0.547. The van der Waals surface area contributed by atoms with Gasteiger partial charge in [-0.05, 0) is 18.6 Å². The zero-order chi connectivity index (χ0) is 12.7. The molecule has 0 aliphatic carbocycles. The van der Waals surface area contributed by atoms with Gasteiger partial charge in [0.05, 0.1) is 7.11 Å². The van der Waals surface area contributed by atoms with Crippen molar-refractivity contribution in [3.8, 4) is 11.5 Å². The fourth-order valence-electron chi connectivity index (χ4n) is 1.20. The maximum Gasteiger partial charge on any atom is 0.381 e. The van der Waals surface area contributed by atoms with Gasteiger partial charge in [0.1, 0.15) is 5.75 Å². The first-order valence-electron chi connectivity index (χ1n) is 5.38. The average molecular weight is 236 g/mol. The number of hydrogen-bond donors (Lipinski definition) is 0. The number of carbonyl (C=O) groups is 1. The fraction of sp³-hybridized carbons (Fsp3) is 0.308. The summed E-state index contributed by atoms with van der Waals surface area (Å²) in [6.45, 7) is 5.57. The summed E-state index contributed by atoms with van der Waals surface area (Å²) in [5, 5.41) is 0. The Bertz CT molecular complexity index is 398. The summed E-state index contributed by atoms with van der Waals surface area (Å²) in [5.41, 5.74) is 0.399. The van der Waals surface area contributed by atoms with Crippen LogP contribution in [0.5, 0.6) is 11.5 Å². The van der Waals surface area contributed by atoms with E-state index in [-0.39, 0.29) is 0 Å². The molecule has 0 aliphatic heterocycles. The van der Waals surface area contributed by atoms with Crippen molar-refractivity contribution in [2.24, 2.45) is 0 Å². The van der Waals surface area contributed by atoms with Crippen LogP contribution >= 0.6 is 0 Å². The van der Waals surface area contributed by atoms with Crippen molar-refractivity contribution < 1.29 is 19.3 Å². The molecule has 17 heavy (non-hydrogen) atoms. The molecular weight excluding hydrogens is 220 g/mol. The Balaban J connectivity index is 2.49. The van der Waals surface area contributed by atoms with Crippen molar-refractivity contribution >= 4 is 5.97 Å². The van der Waals surface area contributed by atoms with E-state index in [0.29, 0.717) is 23.5 Å². The van der Waals surface area contributed by atoms with Gasteiger partial charge in [-0.15, -0.1) is 0 Å². The van der Waals surface area contributed by atoms with E-state index in [2.05, 4.69) is 11.5 Å². The van der Waals surface area contributed by atoms with Crippen LogP contribution < -0.4 is 9.62 Å². The lowest BCUT2D eigenvalue weighted by Gasteiger charge is -2.06. The summed E-state index contributed by atoms with van der Waals surface area (Å²) in [6.07, 6.45) is 1.44. The molecule has 0 N–H and O–H groups in total. The van der Waals surface area contributed by atoms with Crippen LogP contribution in [0.3, 0.4) is 0 Å². The molecule has 1 rings (SSSR count). The van der Waals surface area contributed by atoms with Crippen LogP contribution in [-0.4, -0.2) is 13.1 Å². The van der Waals surface area contributed by atoms with Gasteiger partial charge in [-0.3, -0.25) is 4.89 Å². The highest BCUT2D eigenvalue weighted by molar-refractivity contribution is 5.87. The Labute approximate surface area is 101 Å². The molecule has 0 fully saturated rings. The van der Waals surface area contributed by atoms with Gasteiger partial charge in [0.15, 0.2) is 5.75 Å². The summed E-state index contributed by atoms with van der Waals surface area (Å²) in [5.74, 6) is 0.489. The van der Waals surface area contributed by atoms with E-state index in [0.717, 1.165) is 6.42 Å². The number of ether oxygens (including phenoxy) is 1. The molecule has 0 bridgehead atoms. The van der Waals surface area contributed by atoms with Crippen LogP contribution in [0.15, 0.2) is 36.4 Å². The predicted octanol–water partition coefficient (Wildman–Crippen LogP) is 2.89. The van der Waals surface area contributed by atoms with Crippen molar-refractivity contribution in [3.63, 3.8) is 0 Å². The van der Waals surface area contributed by atoms with Gasteiger partial charge in [-0.2, -0.15) is 0 Å². The fourth-order valence-corrected chi connectivity index (χ4v) is 1.20. The standard InChI is InChI=1S/C13H16O4/c1-4-6-10(2)13(14)17-16-12-8-5-7-11(9-12)15-3/h5,7-9H,2,4,6H2,1,3H3. The predicted molar refractivity (Wildman–Crippen MR) is 63.8 cm³/mol. The van der Waals surface area contributed by atoms with Crippen molar-refractivity contribution in [3.05, 3.63) is 36.4 Å². The van der Waals surface area contributed by atoms with Crippen molar-refractivity contribution in [2.45, 2.75) is 19.8 Å². The second-order valence-corrected chi connectivity index (χ2v) is 3.49. The molecular formula is C13H16O4. The second kappa shape index (κ2) is 6.58. The number of rotatable bonds is 6. The highest BCUT2D eigenvalue weighted by Gasteiger charge is 2.09. The Kier molecular flexibility index (Phi) is 5.07. The molecule has 0 aliphatic rings. The molecule has 0 unspecified atom stereocenters. The Morgan fingerprint density at radius 2 is 2.06 bits per heavy atom. The van der Waals surface area contributed by atoms with E-state index in [4.69, 9.17) is 9.62 Å². The highest BCUT2D eigenvalue weighted by atomic mass is 17.2. The largest absolute Gasteiger partial charge is 0.497 e. The smallest absolute Gasteiger partial charge is 0.381 e. The Hall–Kier alpha value is -1.97. The minimum absolute atomic E-state index is 0.399. The molecule has 0 atom stereocenters. The summed E-state index contributed by atoms with van der Waals surface area (Å²) in [6, 6.07) is 6.79. The Morgan fingerprint density at radius 3 is 2.71 bits per heavy atom. The lowest BCUT2D eigenvalue weighted by molar-refractivity contribution is -0.208. The van der Waals surface area contributed by atoms with Gasteiger partial charge in [0, 0.05) is 11.6 Å². The van der Waals surface area contributed by atoms with Crippen molar-refractivity contribution in [1.29, 1.82) is 0 Å². The Morgan fingerprint density at radius 1 is 1.35 bits per heavy atom. The molecule has 92 valence electrons. The molecule has 0 saturated heterocycles. The van der Waals surface area contributed by atoms with Crippen LogP contribution in [-0.2, 0) is 9.68 Å². The second-order valence-electron chi connectivity index (χ2n) is 3.49. The first kappa shape index (κ1) is 13.1. The monoisotopic (exact) mass is 236 g/mol. The van der Waals surface area contributed by atoms with Gasteiger partial charge in [-0.1, -0.05) is 26.0 Å². The number of methoxy groups -OCH3 is 1. The van der Waals surface area contributed by atoms with Crippen molar-refractivity contribution in [2.75, 3.05) is 7.11 Å². The van der Waals surface area contributed by atoms with Crippen LogP contribution in [0.1, 0.15) is 19.8 Å². The third kappa shape index (κ3) is 4.18. The van der Waals surface area contributed by atoms with Crippen molar-refractivity contribution in [1.82, 2.24) is 0 Å². The zero-order valence-electron chi connectivity index (χ0n) is 10.1. The van der Waals surface area contributed by atoms with Gasteiger partial charge in [-0.25, -0.2) is 9.68 Å². The minimum Gasteiger partial charge on any atom is -0.497 e. The van der Waals surface area contributed by atoms with Crippen LogP contribution in [0.4, 0.5) is 0 Å². The van der Waals surface area contributed by atoms with Gasteiger partial charge < -0.3 is 4.74 Å². The molecule has 4 heteroatoms. The number of carbonyl (C=O) groups excluding carboxylic acids is 1. The molecule has 0 saturated carbocycles. The number of benzene rings is 1. The van der Waals surface area contributed by atoms with E-state index in [1.54, 1.807) is 31.4 Å². The van der Waals surface area contributed by atoms with Crippen LogP contribution in [0, 0.1) is 0 Å². The van der Waals surface area contributed by atoms with E-state index >= 15 is 0 Å². The molecule has 0 amide bonds. The van der Waals surface area contributed by atoms with Crippen LogP contribution in [0.2, 0.25) is 0 Å². The van der Waals surface area contributed by atoms with E-state index in [1.807, 2.05) is 6.92 Å². The van der Waals surface area contributed by atoms with Gasteiger partial charge >= 0.3 is 5.97 Å². The summed E-state index contributed by atoms with van der Waals surface area (Å²) >= 11 is 0. The maximum absolute atomic E-state index is 11.4. The summed E-state index contributed by atoms with van der Waals surface area (Å²) < 4.78 is 5.01. The third-order valence-corrected chi connectivity index (χ3v) is 2.10.